The van der Waals surface area contributed by atoms with Crippen LogP contribution in [0.3, 0.4) is 0 Å². The summed E-state index contributed by atoms with van der Waals surface area (Å²) < 4.78 is 12.1. The van der Waals surface area contributed by atoms with E-state index in [1.54, 1.807) is 11.3 Å². The Bertz CT molecular complexity index is 888. The van der Waals surface area contributed by atoms with E-state index in [1.165, 1.54) is 16.0 Å². The number of aromatic nitrogens is 1. The van der Waals surface area contributed by atoms with Crippen LogP contribution in [0.5, 0.6) is 11.5 Å². The molecule has 5 rings (SSSR count). The highest BCUT2D eigenvalue weighted by molar-refractivity contribution is 7.22. The van der Waals surface area contributed by atoms with Gasteiger partial charge in [0.05, 0.1) is 10.2 Å². The molecule has 1 aromatic carbocycles. The smallest absolute Gasteiger partial charge is 0.231 e. The quantitative estimate of drug-likeness (QED) is 0.675. The topological polar surface area (TPSA) is 34.6 Å². The van der Waals surface area contributed by atoms with Gasteiger partial charge >= 0.3 is 0 Å². The molecule has 4 heterocycles. The maximum Gasteiger partial charge on any atom is 0.231 e. The number of fused-ring (bicyclic) bond motifs is 3. The fourth-order valence-electron chi connectivity index (χ4n) is 3.40. The zero-order valence-electron chi connectivity index (χ0n) is 13.7. The number of ether oxygens (including phenoxy) is 2. The zero-order valence-corrected chi connectivity index (χ0v) is 15.3. The Hall–Kier alpha value is -1.63. The summed E-state index contributed by atoms with van der Waals surface area (Å²) in [6.45, 7) is 7.06. The molecule has 2 aliphatic rings. The van der Waals surface area contributed by atoms with E-state index in [0.717, 1.165) is 46.2 Å². The van der Waals surface area contributed by atoms with Gasteiger partial charge in [0.1, 0.15) is 5.01 Å². The van der Waals surface area contributed by atoms with Crippen LogP contribution in [0.1, 0.15) is 24.3 Å². The fourth-order valence-corrected chi connectivity index (χ4v) is 5.60. The van der Waals surface area contributed by atoms with Gasteiger partial charge in [-0.2, -0.15) is 0 Å². The van der Waals surface area contributed by atoms with Gasteiger partial charge in [-0.1, -0.05) is 0 Å². The number of hydrogen-bond donors (Lipinski definition) is 0. The molecule has 0 saturated carbocycles. The third kappa shape index (κ3) is 2.24. The van der Waals surface area contributed by atoms with E-state index >= 15 is 0 Å². The molecule has 4 nitrogen and oxygen atoms in total. The molecule has 2 aliphatic heterocycles. The van der Waals surface area contributed by atoms with Gasteiger partial charge in [0.25, 0.3) is 0 Å². The van der Waals surface area contributed by atoms with Gasteiger partial charge in [-0.3, -0.25) is 4.90 Å². The van der Waals surface area contributed by atoms with Gasteiger partial charge in [0.15, 0.2) is 11.5 Å². The lowest BCUT2D eigenvalue weighted by molar-refractivity contribution is 0.174. The van der Waals surface area contributed by atoms with Crippen LogP contribution in [-0.4, -0.2) is 29.3 Å². The molecule has 0 aliphatic carbocycles. The van der Waals surface area contributed by atoms with E-state index < -0.39 is 0 Å². The number of thiophene rings is 1. The summed E-state index contributed by atoms with van der Waals surface area (Å²) in [4.78, 5) is 8.91. The van der Waals surface area contributed by atoms with E-state index in [9.17, 15) is 0 Å². The second-order valence-corrected chi connectivity index (χ2v) is 8.55. The van der Waals surface area contributed by atoms with Crippen molar-refractivity contribution in [2.75, 3.05) is 13.3 Å². The van der Waals surface area contributed by atoms with E-state index in [4.69, 9.17) is 14.5 Å². The zero-order chi connectivity index (χ0) is 16.3. The molecule has 0 atom stereocenters. The van der Waals surface area contributed by atoms with Gasteiger partial charge in [0.2, 0.25) is 6.79 Å². The third-order valence-electron chi connectivity index (χ3n) is 4.82. The lowest BCUT2D eigenvalue weighted by atomic mass is 10.0. The minimum Gasteiger partial charge on any atom is -0.454 e. The number of rotatable bonds is 2. The maximum atomic E-state index is 5.48. The standard InChI is InChI=1S/C18H18N2O2S2/c1-10(2)20-4-3-11-12(8-23-17(11)7-20)18-19-13-5-14-15(22-9-21-14)6-16(13)24-18/h5-6,8,10H,3-4,7,9H2,1-2H3. The van der Waals surface area contributed by atoms with Crippen LogP contribution in [0.4, 0.5) is 0 Å². The van der Waals surface area contributed by atoms with Crippen LogP contribution in [0.2, 0.25) is 0 Å². The van der Waals surface area contributed by atoms with Crippen molar-refractivity contribution in [1.82, 2.24) is 9.88 Å². The fraction of sp³-hybridized carbons (Fsp3) is 0.389. The normalized spacial score (nSPS) is 17.0. The van der Waals surface area contributed by atoms with Gasteiger partial charge in [0, 0.05) is 47.1 Å². The minimum atomic E-state index is 0.309. The van der Waals surface area contributed by atoms with E-state index in [-0.39, 0.29) is 0 Å². The first-order chi connectivity index (χ1) is 11.7. The Morgan fingerprint density at radius 2 is 2.04 bits per heavy atom. The molecule has 2 aromatic heterocycles. The van der Waals surface area contributed by atoms with Crippen LogP contribution in [0, 0.1) is 0 Å². The monoisotopic (exact) mass is 358 g/mol. The molecule has 0 unspecified atom stereocenters. The molecule has 0 spiro atoms. The molecule has 0 bridgehead atoms. The maximum absolute atomic E-state index is 5.48. The van der Waals surface area contributed by atoms with E-state index in [1.807, 2.05) is 17.4 Å². The van der Waals surface area contributed by atoms with Crippen molar-refractivity contribution in [2.24, 2.45) is 0 Å². The number of thiazole rings is 1. The SMILES string of the molecule is CC(C)N1CCc2c(-c3nc4cc5c(cc4s3)OCO5)csc2C1. The molecule has 24 heavy (non-hydrogen) atoms. The number of nitrogens with zero attached hydrogens (tertiary/aromatic N) is 2. The van der Waals surface area contributed by atoms with Crippen molar-refractivity contribution in [3.05, 3.63) is 28.0 Å². The van der Waals surface area contributed by atoms with Crippen LogP contribution in [0.25, 0.3) is 20.8 Å². The molecule has 6 heteroatoms. The van der Waals surface area contributed by atoms with Gasteiger partial charge in [-0.05, 0) is 25.8 Å². The molecule has 0 radical (unpaired) electrons. The largest absolute Gasteiger partial charge is 0.454 e. The first-order valence-corrected chi connectivity index (χ1v) is 9.92. The Labute approximate surface area is 148 Å². The Kier molecular flexibility index (Phi) is 3.33. The summed E-state index contributed by atoms with van der Waals surface area (Å²) in [7, 11) is 0. The highest BCUT2D eigenvalue weighted by Crippen LogP contribution is 2.42. The van der Waals surface area contributed by atoms with Crippen LogP contribution < -0.4 is 9.47 Å². The molecule has 0 saturated heterocycles. The first kappa shape index (κ1) is 14.7. The average molecular weight is 358 g/mol. The van der Waals surface area contributed by atoms with Crippen molar-refractivity contribution in [1.29, 1.82) is 0 Å². The third-order valence-corrected chi connectivity index (χ3v) is 6.88. The molecule has 0 amide bonds. The van der Waals surface area contributed by atoms with Crippen LogP contribution >= 0.6 is 22.7 Å². The molecule has 0 N–H and O–H groups in total. The summed E-state index contributed by atoms with van der Waals surface area (Å²) in [6.07, 6.45) is 1.12. The van der Waals surface area contributed by atoms with Crippen molar-refractivity contribution < 1.29 is 9.47 Å². The Morgan fingerprint density at radius 1 is 1.21 bits per heavy atom. The first-order valence-electron chi connectivity index (χ1n) is 8.23. The predicted molar refractivity (Wildman–Crippen MR) is 98.3 cm³/mol. The minimum absolute atomic E-state index is 0.309. The summed E-state index contributed by atoms with van der Waals surface area (Å²) >= 11 is 3.62. The predicted octanol–water partition coefficient (Wildman–Crippen LogP) is 4.52. The van der Waals surface area contributed by atoms with E-state index in [2.05, 4.69) is 30.2 Å². The molecule has 124 valence electrons. The van der Waals surface area contributed by atoms with E-state index in [0.29, 0.717) is 12.8 Å². The van der Waals surface area contributed by atoms with Crippen molar-refractivity contribution >= 4 is 32.9 Å². The summed E-state index contributed by atoms with van der Waals surface area (Å²) in [5.74, 6) is 1.64. The summed E-state index contributed by atoms with van der Waals surface area (Å²) in [5.41, 5.74) is 3.82. The lowest BCUT2D eigenvalue weighted by Gasteiger charge is -2.30. The average Bonchev–Trinajstić information content (AvgIpc) is 3.28. The second-order valence-electron chi connectivity index (χ2n) is 6.56. The molecular weight excluding hydrogens is 340 g/mol. The van der Waals surface area contributed by atoms with Crippen molar-refractivity contribution in [3.8, 4) is 22.1 Å². The molecule has 0 fully saturated rings. The summed E-state index contributed by atoms with van der Waals surface area (Å²) in [5, 5.41) is 3.40. The highest BCUT2D eigenvalue weighted by atomic mass is 32.1. The lowest BCUT2D eigenvalue weighted by Crippen LogP contribution is -2.35. The molecular formula is C18H18N2O2S2. The van der Waals surface area contributed by atoms with Crippen LogP contribution in [0.15, 0.2) is 17.5 Å². The van der Waals surface area contributed by atoms with Crippen molar-refractivity contribution in [3.63, 3.8) is 0 Å². The second kappa shape index (κ2) is 5.44. The highest BCUT2D eigenvalue weighted by Gasteiger charge is 2.24. The molecule has 3 aromatic rings. The van der Waals surface area contributed by atoms with Gasteiger partial charge in [-0.15, -0.1) is 22.7 Å². The Morgan fingerprint density at radius 3 is 2.88 bits per heavy atom. The van der Waals surface area contributed by atoms with Gasteiger partial charge in [-0.25, -0.2) is 4.98 Å². The van der Waals surface area contributed by atoms with Crippen LogP contribution in [-0.2, 0) is 13.0 Å². The summed E-state index contributed by atoms with van der Waals surface area (Å²) in [6, 6.07) is 4.66. The Balaban J connectivity index is 1.55. The number of benzene rings is 1. The van der Waals surface area contributed by atoms with Gasteiger partial charge < -0.3 is 9.47 Å². The number of hydrogen-bond acceptors (Lipinski definition) is 6. The van der Waals surface area contributed by atoms with Crippen molar-refractivity contribution in [2.45, 2.75) is 32.9 Å².